The minimum Gasteiger partial charge on any atom is -0.481 e. The normalized spacial score (nSPS) is 19.7. The minimum atomic E-state index is -0.790. The first kappa shape index (κ1) is 16.0. The van der Waals surface area contributed by atoms with Crippen LogP contribution >= 0.6 is 0 Å². The van der Waals surface area contributed by atoms with Crippen molar-refractivity contribution in [2.45, 2.75) is 46.6 Å². The first-order chi connectivity index (χ1) is 8.60. The van der Waals surface area contributed by atoms with Gasteiger partial charge in [-0.15, -0.1) is 0 Å². The second-order valence-corrected chi connectivity index (χ2v) is 6.91. The van der Waals surface area contributed by atoms with Gasteiger partial charge in [-0.3, -0.25) is 9.59 Å². The van der Waals surface area contributed by atoms with Gasteiger partial charge in [-0.25, -0.2) is 0 Å². The standard InChI is InChI=1S/C14H26N2O3/c1-9(13(18)19)10-7-16(8-10)12(17)5-11(15)6-14(2,3)4/h9-11H,5-8,15H2,1-4H3,(H,18,19). The first-order valence-corrected chi connectivity index (χ1v) is 6.86. The van der Waals surface area contributed by atoms with Crippen LogP contribution in [-0.4, -0.2) is 41.0 Å². The summed E-state index contributed by atoms with van der Waals surface area (Å²) < 4.78 is 0. The Kier molecular flexibility index (Phi) is 4.96. The molecule has 0 saturated carbocycles. The van der Waals surface area contributed by atoms with E-state index in [2.05, 4.69) is 20.8 Å². The van der Waals surface area contributed by atoms with Crippen molar-refractivity contribution in [1.29, 1.82) is 0 Å². The van der Waals surface area contributed by atoms with Crippen LogP contribution in [-0.2, 0) is 9.59 Å². The molecule has 0 radical (unpaired) electrons. The van der Waals surface area contributed by atoms with Gasteiger partial charge in [0.1, 0.15) is 0 Å². The Hall–Kier alpha value is -1.10. The van der Waals surface area contributed by atoms with E-state index in [0.717, 1.165) is 6.42 Å². The number of nitrogens with zero attached hydrogens (tertiary/aromatic N) is 1. The summed E-state index contributed by atoms with van der Waals surface area (Å²) in [5.74, 6) is -1.04. The lowest BCUT2D eigenvalue weighted by Crippen LogP contribution is -2.54. The molecule has 0 aliphatic carbocycles. The molecule has 0 bridgehead atoms. The summed E-state index contributed by atoms with van der Waals surface area (Å²) >= 11 is 0. The maximum absolute atomic E-state index is 12.0. The topological polar surface area (TPSA) is 83.6 Å². The van der Waals surface area contributed by atoms with E-state index in [-0.39, 0.29) is 29.2 Å². The highest BCUT2D eigenvalue weighted by molar-refractivity contribution is 5.78. The Morgan fingerprint density at radius 3 is 2.32 bits per heavy atom. The zero-order valence-corrected chi connectivity index (χ0v) is 12.3. The molecule has 0 spiro atoms. The van der Waals surface area contributed by atoms with Crippen molar-refractivity contribution >= 4 is 11.9 Å². The quantitative estimate of drug-likeness (QED) is 0.789. The predicted octanol–water partition coefficient (Wildman–Crippen LogP) is 1.32. The molecular formula is C14H26N2O3. The second-order valence-electron chi connectivity index (χ2n) is 6.91. The number of carbonyl (C=O) groups is 2. The van der Waals surface area contributed by atoms with E-state index in [1.54, 1.807) is 11.8 Å². The fourth-order valence-electron chi connectivity index (χ4n) is 2.45. The van der Waals surface area contributed by atoms with Crippen LogP contribution in [0.25, 0.3) is 0 Å². The zero-order valence-electron chi connectivity index (χ0n) is 12.3. The van der Waals surface area contributed by atoms with Crippen LogP contribution in [0.15, 0.2) is 0 Å². The van der Waals surface area contributed by atoms with E-state index in [4.69, 9.17) is 10.8 Å². The number of rotatable bonds is 5. The molecule has 19 heavy (non-hydrogen) atoms. The summed E-state index contributed by atoms with van der Waals surface area (Å²) in [4.78, 5) is 24.5. The van der Waals surface area contributed by atoms with E-state index >= 15 is 0 Å². The van der Waals surface area contributed by atoms with E-state index in [1.165, 1.54) is 0 Å². The summed E-state index contributed by atoms with van der Waals surface area (Å²) in [5, 5.41) is 8.89. The van der Waals surface area contributed by atoms with Gasteiger partial charge in [-0.2, -0.15) is 0 Å². The first-order valence-electron chi connectivity index (χ1n) is 6.86. The third-order valence-electron chi connectivity index (χ3n) is 3.67. The average molecular weight is 270 g/mol. The Morgan fingerprint density at radius 2 is 1.89 bits per heavy atom. The van der Waals surface area contributed by atoms with Crippen molar-refractivity contribution in [3.05, 3.63) is 0 Å². The number of carbonyl (C=O) groups excluding carboxylic acids is 1. The van der Waals surface area contributed by atoms with Crippen molar-refractivity contribution in [2.24, 2.45) is 23.0 Å². The highest BCUT2D eigenvalue weighted by Crippen LogP contribution is 2.26. The Balaban J connectivity index is 2.32. The predicted molar refractivity (Wildman–Crippen MR) is 73.5 cm³/mol. The maximum atomic E-state index is 12.0. The summed E-state index contributed by atoms with van der Waals surface area (Å²) in [6.07, 6.45) is 1.16. The van der Waals surface area contributed by atoms with Crippen molar-refractivity contribution < 1.29 is 14.7 Å². The molecule has 1 saturated heterocycles. The molecule has 2 unspecified atom stereocenters. The zero-order chi connectivity index (χ0) is 14.8. The molecule has 1 aliphatic heterocycles. The summed E-state index contributed by atoms with van der Waals surface area (Å²) in [6.45, 7) is 9.10. The minimum absolute atomic E-state index is 0.0468. The van der Waals surface area contributed by atoms with Crippen LogP contribution in [0.3, 0.4) is 0 Å². The Morgan fingerprint density at radius 1 is 1.37 bits per heavy atom. The van der Waals surface area contributed by atoms with Gasteiger partial charge in [0.2, 0.25) is 5.91 Å². The van der Waals surface area contributed by atoms with E-state index in [0.29, 0.717) is 19.5 Å². The number of hydrogen-bond acceptors (Lipinski definition) is 3. The third-order valence-corrected chi connectivity index (χ3v) is 3.67. The van der Waals surface area contributed by atoms with E-state index in [1.807, 2.05) is 0 Å². The molecule has 0 aromatic carbocycles. The van der Waals surface area contributed by atoms with Gasteiger partial charge in [0, 0.05) is 31.5 Å². The van der Waals surface area contributed by atoms with Crippen LogP contribution < -0.4 is 5.73 Å². The molecule has 1 rings (SSSR count). The second kappa shape index (κ2) is 5.90. The molecular weight excluding hydrogens is 244 g/mol. The van der Waals surface area contributed by atoms with Crippen LogP contribution in [0.4, 0.5) is 0 Å². The molecule has 1 aliphatic rings. The van der Waals surface area contributed by atoms with Crippen molar-refractivity contribution in [1.82, 2.24) is 4.90 Å². The molecule has 2 atom stereocenters. The smallest absolute Gasteiger partial charge is 0.306 e. The van der Waals surface area contributed by atoms with Crippen molar-refractivity contribution in [3.63, 3.8) is 0 Å². The van der Waals surface area contributed by atoms with Crippen molar-refractivity contribution in [2.75, 3.05) is 13.1 Å². The van der Waals surface area contributed by atoms with E-state index < -0.39 is 5.97 Å². The molecule has 1 fully saturated rings. The van der Waals surface area contributed by atoms with Gasteiger partial charge in [0.15, 0.2) is 0 Å². The van der Waals surface area contributed by atoms with Crippen LogP contribution in [0, 0.1) is 17.3 Å². The number of aliphatic carboxylic acids is 1. The number of carboxylic acid groups (broad SMARTS) is 1. The third kappa shape index (κ3) is 4.82. The molecule has 0 aromatic rings. The lowest BCUT2D eigenvalue weighted by atomic mass is 9.85. The summed E-state index contributed by atoms with van der Waals surface area (Å²) in [7, 11) is 0. The lowest BCUT2D eigenvalue weighted by Gasteiger charge is -2.41. The molecule has 3 N–H and O–H groups in total. The molecule has 5 heteroatoms. The fraction of sp³-hybridized carbons (Fsp3) is 0.857. The molecule has 110 valence electrons. The van der Waals surface area contributed by atoms with Crippen LogP contribution in [0.1, 0.15) is 40.5 Å². The summed E-state index contributed by atoms with van der Waals surface area (Å²) in [6, 6.07) is -0.122. The number of likely N-dealkylation sites (tertiary alicyclic amines) is 1. The highest BCUT2D eigenvalue weighted by atomic mass is 16.4. The van der Waals surface area contributed by atoms with Gasteiger partial charge in [-0.05, 0) is 11.8 Å². The fourth-order valence-corrected chi connectivity index (χ4v) is 2.45. The van der Waals surface area contributed by atoms with Crippen LogP contribution in [0.2, 0.25) is 0 Å². The maximum Gasteiger partial charge on any atom is 0.306 e. The van der Waals surface area contributed by atoms with Crippen LogP contribution in [0.5, 0.6) is 0 Å². The van der Waals surface area contributed by atoms with Gasteiger partial charge in [-0.1, -0.05) is 27.7 Å². The molecule has 0 aromatic heterocycles. The van der Waals surface area contributed by atoms with Gasteiger partial charge < -0.3 is 15.7 Å². The number of amides is 1. The lowest BCUT2D eigenvalue weighted by molar-refractivity contribution is -0.150. The highest BCUT2D eigenvalue weighted by Gasteiger charge is 2.37. The largest absolute Gasteiger partial charge is 0.481 e. The molecule has 5 nitrogen and oxygen atoms in total. The monoisotopic (exact) mass is 270 g/mol. The molecule has 1 heterocycles. The van der Waals surface area contributed by atoms with Crippen molar-refractivity contribution in [3.8, 4) is 0 Å². The number of hydrogen-bond donors (Lipinski definition) is 2. The Labute approximate surface area is 115 Å². The van der Waals surface area contributed by atoms with Gasteiger partial charge in [0.25, 0.3) is 0 Å². The summed E-state index contributed by atoms with van der Waals surface area (Å²) in [5.41, 5.74) is 6.10. The average Bonchev–Trinajstić information content (AvgIpc) is 2.10. The van der Waals surface area contributed by atoms with Gasteiger partial charge >= 0.3 is 5.97 Å². The van der Waals surface area contributed by atoms with Gasteiger partial charge in [0.05, 0.1) is 5.92 Å². The van der Waals surface area contributed by atoms with E-state index in [9.17, 15) is 9.59 Å². The molecule has 1 amide bonds. The SMILES string of the molecule is CC(C(=O)O)C1CN(C(=O)CC(N)CC(C)(C)C)C1. The number of nitrogens with two attached hydrogens (primary N) is 1. The Bertz CT molecular complexity index is 343. The number of carboxylic acids is 1.